The molecule has 0 aliphatic carbocycles. The van der Waals surface area contributed by atoms with E-state index < -0.39 is 0 Å². The van der Waals surface area contributed by atoms with Crippen LogP contribution in [-0.2, 0) is 8.98 Å². The van der Waals surface area contributed by atoms with Crippen molar-refractivity contribution in [2.24, 2.45) is 5.92 Å². The third-order valence-electron chi connectivity index (χ3n) is 3.21. The minimum Gasteiger partial charge on any atom is -0.392 e. The Kier molecular flexibility index (Phi) is 3.34. The van der Waals surface area contributed by atoms with Crippen molar-refractivity contribution < 1.29 is 8.98 Å². The van der Waals surface area contributed by atoms with Gasteiger partial charge in [-0.05, 0) is 38.3 Å². The third-order valence-corrected chi connectivity index (χ3v) is 4.08. The fourth-order valence-corrected chi connectivity index (χ4v) is 3.19. The van der Waals surface area contributed by atoms with Crippen LogP contribution in [0.4, 0.5) is 0 Å². The van der Waals surface area contributed by atoms with E-state index in [-0.39, 0.29) is 5.97 Å². The van der Waals surface area contributed by atoms with E-state index in [0.29, 0.717) is 6.04 Å². The maximum absolute atomic E-state index is 10.6. The second kappa shape index (κ2) is 4.53. The van der Waals surface area contributed by atoms with Gasteiger partial charge >= 0.3 is 5.97 Å². The number of carbonyl (C=O) groups is 1. The van der Waals surface area contributed by atoms with E-state index in [1.165, 1.54) is 51.3 Å². The van der Waals surface area contributed by atoms with Gasteiger partial charge in [-0.2, -0.15) is 0 Å². The standard InChI is InChI=1S/C10H17NO2S/c1-8(12)13-14-7-10-6-9-2-4-11(10)5-3-9/h9-10H,2-7H2,1H3. The average Bonchev–Trinajstić information content (AvgIpc) is 2.19. The van der Waals surface area contributed by atoms with Crippen molar-refractivity contribution in [3.63, 3.8) is 0 Å². The number of fused-ring (bicyclic) bond motifs is 3. The number of nitrogens with zero attached hydrogens (tertiary/aromatic N) is 1. The van der Waals surface area contributed by atoms with E-state index in [1.807, 2.05) is 0 Å². The summed E-state index contributed by atoms with van der Waals surface area (Å²) in [5.74, 6) is 1.68. The van der Waals surface area contributed by atoms with Gasteiger partial charge in [-0.25, -0.2) is 0 Å². The summed E-state index contributed by atoms with van der Waals surface area (Å²) in [5.41, 5.74) is 0. The van der Waals surface area contributed by atoms with E-state index in [9.17, 15) is 4.79 Å². The van der Waals surface area contributed by atoms with Crippen LogP contribution in [0, 0.1) is 5.92 Å². The molecular formula is C10H17NO2S. The SMILES string of the molecule is CC(=O)OSCC1CC2CCN1CC2. The monoisotopic (exact) mass is 215 g/mol. The lowest BCUT2D eigenvalue weighted by atomic mass is 9.84. The van der Waals surface area contributed by atoms with E-state index in [4.69, 9.17) is 4.18 Å². The fourth-order valence-electron chi connectivity index (χ4n) is 2.46. The zero-order chi connectivity index (χ0) is 9.97. The van der Waals surface area contributed by atoms with Gasteiger partial charge < -0.3 is 4.18 Å². The molecule has 1 unspecified atom stereocenters. The maximum Gasteiger partial charge on any atom is 0.314 e. The maximum atomic E-state index is 10.6. The Labute approximate surface area is 89.4 Å². The van der Waals surface area contributed by atoms with Gasteiger partial charge in [0.05, 0.1) is 12.0 Å². The second-order valence-electron chi connectivity index (χ2n) is 4.23. The van der Waals surface area contributed by atoms with Crippen LogP contribution in [0.1, 0.15) is 26.2 Å². The summed E-state index contributed by atoms with van der Waals surface area (Å²) in [4.78, 5) is 13.1. The molecule has 4 heteroatoms. The van der Waals surface area contributed by atoms with E-state index in [2.05, 4.69) is 4.90 Å². The number of carbonyl (C=O) groups excluding carboxylic acids is 1. The smallest absolute Gasteiger partial charge is 0.314 e. The molecule has 1 atom stereocenters. The molecule has 2 bridgehead atoms. The van der Waals surface area contributed by atoms with Crippen molar-refractivity contribution in [1.29, 1.82) is 0 Å². The van der Waals surface area contributed by atoms with Crippen molar-refractivity contribution in [2.45, 2.75) is 32.2 Å². The third kappa shape index (κ3) is 2.42. The van der Waals surface area contributed by atoms with E-state index in [1.54, 1.807) is 0 Å². The second-order valence-corrected chi connectivity index (χ2v) is 4.96. The zero-order valence-corrected chi connectivity index (χ0v) is 9.39. The molecule has 3 aliphatic rings. The first kappa shape index (κ1) is 10.3. The van der Waals surface area contributed by atoms with Gasteiger partial charge in [-0.1, -0.05) is 0 Å². The molecule has 0 aromatic carbocycles. The van der Waals surface area contributed by atoms with Crippen LogP contribution in [-0.4, -0.2) is 35.8 Å². The van der Waals surface area contributed by atoms with Crippen LogP contribution >= 0.6 is 12.0 Å². The topological polar surface area (TPSA) is 29.5 Å². The molecule has 0 aromatic heterocycles. The average molecular weight is 215 g/mol. The van der Waals surface area contributed by atoms with Gasteiger partial charge in [0.1, 0.15) is 0 Å². The molecule has 0 N–H and O–H groups in total. The van der Waals surface area contributed by atoms with Crippen LogP contribution in [0.25, 0.3) is 0 Å². The van der Waals surface area contributed by atoms with Crippen LogP contribution < -0.4 is 0 Å². The summed E-state index contributed by atoms with van der Waals surface area (Å²) in [6.07, 6.45) is 4.04. The normalized spacial score (nSPS) is 35.6. The van der Waals surface area contributed by atoms with Crippen LogP contribution in [0.5, 0.6) is 0 Å². The van der Waals surface area contributed by atoms with Gasteiger partial charge in [-0.15, -0.1) is 0 Å². The molecule has 3 nitrogen and oxygen atoms in total. The minimum atomic E-state index is -0.189. The molecule has 3 rings (SSSR count). The highest BCUT2D eigenvalue weighted by Crippen LogP contribution is 2.33. The summed E-state index contributed by atoms with van der Waals surface area (Å²) < 4.78 is 4.90. The molecule has 14 heavy (non-hydrogen) atoms. The van der Waals surface area contributed by atoms with Crippen LogP contribution in [0.2, 0.25) is 0 Å². The molecule has 3 aliphatic heterocycles. The first-order valence-electron chi connectivity index (χ1n) is 5.30. The molecule has 3 fully saturated rings. The number of rotatable bonds is 3. The molecular weight excluding hydrogens is 198 g/mol. The Morgan fingerprint density at radius 1 is 1.50 bits per heavy atom. The molecule has 0 aromatic rings. The molecule has 0 amide bonds. The summed E-state index contributed by atoms with van der Waals surface area (Å²) in [6.45, 7) is 3.95. The minimum absolute atomic E-state index is 0.189. The summed E-state index contributed by atoms with van der Waals surface area (Å²) in [6, 6.07) is 0.645. The Morgan fingerprint density at radius 3 is 2.71 bits per heavy atom. The van der Waals surface area contributed by atoms with Gasteiger partial charge in [0.15, 0.2) is 0 Å². The quantitative estimate of drug-likeness (QED) is 0.670. The highest BCUT2D eigenvalue weighted by molar-refractivity contribution is 7.95. The zero-order valence-electron chi connectivity index (χ0n) is 8.57. The van der Waals surface area contributed by atoms with Crippen molar-refractivity contribution >= 4 is 18.0 Å². The van der Waals surface area contributed by atoms with Gasteiger partial charge in [0.25, 0.3) is 0 Å². The molecule has 0 radical (unpaired) electrons. The number of hydrogen-bond donors (Lipinski definition) is 0. The van der Waals surface area contributed by atoms with Crippen molar-refractivity contribution in [2.75, 3.05) is 18.8 Å². The number of hydrogen-bond acceptors (Lipinski definition) is 4. The van der Waals surface area contributed by atoms with Crippen LogP contribution in [0.15, 0.2) is 0 Å². The Morgan fingerprint density at radius 2 is 2.21 bits per heavy atom. The Bertz CT molecular complexity index is 214. The highest BCUT2D eigenvalue weighted by Gasteiger charge is 2.33. The largest absolute Gasteiger partial charge is 0.392 e. The highest BCUT2D eigenvalue weighted by atomic mass is 32.2. The predicted molar refractivity (Wildman–Crippen MR) is 56.9 cm³/mol. The lowest BCUT2D eigenvalue weighted by molar-refractivity contribution is -0.130. The van der Waals surface area contributed by atoms with E-state index >= 15 is 0 Å². The fraction of sp³-hybridized carbons (Fsp3) is 0.900. The Balaban J connectivity index is 1.73. The molecule has 3 heterocycles. The molecule has 80 valence electrons. The lowest BCUT2D eigenvalue weighted by Crippen LogP contribution is -2.49. The molecule has 0 saturated carbocycles. The first-order valence-corrected chi connectivity index (χ1v) is 6.21. The lowest BCUT2D eigenvalue weighted by Gasteiger charge is -2.45. The summed E-state index contributed by atoms with van der Waals surface area (Å²) in [7, 11) is 0. The van der Waals surface area contributed by atoms with E-state index in [0.717, 1.165) is 11.7 Å². The van der Waals surface area contributed by atoms with Gasteiger partial charge in [0, 0.05) is 18.7 Å². The first-order chi connectivity index (χ1) is 6.75. The Hall–Kier alpha value is -0.220. The van der Waals surface area contributed by atoms with Gasteiger partial charge in [0.2, 0.25) is 0 Å². The van der Waals surface area contributed by atoms with Crippen LogP contribution in [0.3, 0.4) is 0 Å². The molecule has 3 saturated heterocycles. The van der Waals surface area contributed by atoms with Crippen molar-refractivity contribution in [3.8, 4) is 0 Å². The van der Waals surface area contributed by atoms with Crippen molar-refractivity contribution in [3.05, 3.63) is 0 Å². The predicted octanol–water partition coefficient (Wildman–Crippen LogP) is 1.68. The number of piperidine rings is 3. The summed E-state index contributed by atoms with van der Waals surface area (Å²) >= 11 is 1.32. The van der Waals surface area contributed by atoms with Crippen molar-refractivity contribution in [1.82, 2.24) is 4.90 Å². The summed E-state index contributed by atoms with van der Waals surface area (Å²) in [5, 5.41) is 0. The molecule has 0 spiro atoms. The van der Waals surface area contributed by atoms with Gasteiger partial charge in [-0.3, -0.25) is 9.69 Å².